The van der Waals surface area contributed by atoms with E-state index in [4.69, 9.17) is 4.99 Å². The lowest BCUT2D eigenvalue weighted by Crippen LogP contribution is -2.27. The van der Waals surface area contributed by atoms with Gasteiger partial charge in [-0.2, -0.15) is 0 Å². The van der Waals surface area contributed by atoms with Crippen molar-refractivity contribution in [2.45, 2.75) is 46.4 Å². The van der Waals surface area contributed by atoms with Crippen molar-refractivity contribution in [1.82, 2.24) is 4.90 Å². The topological polar surface area (TPSA) is 35.9 Å². The minimum atomic E-state index is -0.0446. The number of anilines is 1. The smallest absolute Gasteiger partial charge is 0.206 e. The number of ketones is 1. The van der Waals surface area contributed by atoms with Crippen LogP contribution in [0.5, 0.6) is 0 Å². The normalized spacial score (nSPS) is 15.7. The molecule has 5 heteroatoms. The molecular weight excluding hydrogens is 354 g/mol. The number of carbonyl (C=O) groups is 1. The quantitative estimate of drug-likeness (QED) is 0.532. The van der Waals surface area contributed by atoms with Gasteiger partial charge in [0.1, 0.15) is 5.71 Å². The molecule has 1 aromatic rings. The first-order valence-electron chi connectivity index (χ1n) is 9.72. The second-order valence-corrected chi connectivity index (χ2v) is 7.18. The Bertz CT molecular complexity index is 777. The third-order valence-corrected chi connectivity index (χ3v) is 5.34. The lowest BCUT2D eigenvalue weighted by atomic mass is 9.99. The summed E-state index contributed by atoms with van der Waals surface area (Å²) in [5, 5.41) is 0. The van der Waals surface area contributed by atoms with E-state index in [1.807, 2.05) is 26.0 Å². The predicted octanol–water partition coefficient (Wildman–Crippen LogP) is 4.96. The van der Waals surface area contributed by atoms with Crippen LogP contribution in [0.3, 0.4) is 0 Å². The summed E-state index contributed by atoms with van der Waals surface area (Å²) in [5.41, 5.74) is 5.28. The highest BCUT2D eigenvalue weighted by atomic mass is 32.1. The maximum absolute atomic E-state index is 12.7. The van der Waals surface area contributed by atoms with E-state index in [1.54, 1.807) is 6.08 Å². The molecule has 4 nitrogen and oxygen atoms in total. The molecule has 0 N–H and O–H groups in total. The fraction of sp³-hybridized carbons (Fsp3) is 0.455. The van der Waals surface area contributed by atoms with Gasteiger partial charge in [-0.15, -0.1) is 12.6 Å². The Kier molecular flexibility index (Phi) is 7.31. The number of hydrogen-bond acceptors (Lipinski definition) is 5. The molecule has 0 bridgehead atoms. The first-order valence-corrected chi connectivity index (χ1v) is 10.2. The van der Waals surface area contributed by atoms with E-state index in [2.05, 4.69) is 56.2 Å². The minimum Gasteiger partial charge on any atom is -0.372 e. The summed E-state index contributed by atoms with van der Waals surface area (Å²) in [6, 6.07) is 4.15. The third kappa shape index (κ3) is 4.64. The van der Waals surface area contributed by atoms with Crippen LogP contribution in [0.1, 0.15) is 40.2 Å². The molecule has 146 valence electrons. The molecule has 0 aromatic heterocycles. The SMILES string of the molecule is CCN(CC)C1=CC(=O)C(=Nc2c(C)cc(N(CC)CC)cc2S)C(C)=C1. The fourth-order valence-corrected chi connectivity index (χ4v) is 3.77. The summed E-state index contributed by atoms with van der Waals surface area (Å²) in [4.78, 5) is 22.7. The molecule has 0 amide bonds. The number of rotatable bonds is 7. The Hall–Kier alpha value is -2.01. The molecule has 0 spiro atoms. The first kappa shape index (κ1) is 21.3. The van der Waals surface area contributed by atoms with Gasteiger partial charge < -0.3 is 9.80 Å². The molecule has 27 heavy (non-hydrogen) atoms. The van der Waals surface area contributed by atoms with Gasteiger partial charge in [0.05, 0.1) is 5.69 Å². The number of hydrogen-bond donors (Lipinski definition) is 1. The average Bonchev–Trinajstić information content (AvgIpc) is 2.62. The highest BCUT2D eigenvalue weighted by Gasteiger charge is 2.21. The van der Waals surface area contributed by atoms with Crippen molar-refractivity contribution in [2.24, 2.45) is 4.99 Å². The third-order valence-electron chi connectivity index (χ3n) is 5.00. The average molecular weight is 386 g/mol. The molecule has 1 aliphatic rings. The summed E-state index contributed by atoms with van der Waals surface area (Å²) in [6.07, 6.45) is 3.74. The van der Waals surface area contributed by atoms with Crippen molar-refractivity contribution in [3.05, 3.63) is 41.1 Å². The van der Waals surface area contributed by atoms with E-state index >= 15 is 0 Å². The Morgan fingerprint density at radius 3 is 2.00 bits per heavy atom. The van der Waals surface area contributed by atoms with Crippen LogP contribution in [0.2, 0.25) is 0 Å². The van der Waals surface area contributed by atoms with Gasteiger partial charge >= 0.3 is 0 Å². The van der Waals surface area contributed by atoms with E-state index in [0.717, 1.165) is 59.3 Å². The van der Waals surface area contributed by atoms with Crippen molar-refractivity contribution >= 4 is 35.5 Å². The van der Waals surface area contributed by atoms with Gasteiger partial charge in [-0.3, -0.25) is 4.79 Å². The van der Waals surface area contributed by atoms with Crippen LogP contribution in [0, 0.1) is 6.92 Å². The molecule has 1 aromatic carbocycles. The van der Waals surface area contributed by atoms with Crippen LogP contribution in [-0.4, -0.2) is 42.6 Å². The highest BCUT2D eigenvalue weighted by Crippen LogP contribution is 2.33. The molecule has 2 rings (SSSR count). The van der Waals surface area contributed by atoms with Crippen molar-refractivity contribution in [3.63, 3.8) is 0 Å². The van der Waals surface area contributed by atoms with Crippen LogP contribution in [0.25, 0.3) is 0 Å². The van der Waals surface area contributed by atoms with Gasteiger partial charge in [-0.05, 0) is 70.9 Å². The van der Waals surface area contributed by atoms with Crippen LogP contribution in [0.4, 0.5) is 11.4 Å². The van der Waals surface area contributed by atoms with Crippen molar-refractivity contribution in [1.29, 1.82) is 0 Å². The number of nitrogens with zero attached hydrogens (tertiary/aromatic N) is 3. The van der Waals surface area contributed by atoms with E-state index in [1.165, 1.54) is 0 Å². The zero-order valence-electron chi connectivity index (χ0n) is 17.3. The Balaban J connectivity index is 2.42. The van der Waals surface area contributed by atoms with Crippen LogP contribution >= 0.6 is 12.6 Å². The maximum Gasteiger partial charge on any atom is 0.206 e. The van der Waals surface area contributed by atoms with Gasteiger partial charge in [0, 0.05) is 48.5 Å². The number of allylic oxidation sites excluding steroid dienone is 3. The number of likely N-dealkylation sites (N-methyl/N-ethyl adjacent to an activating group) is 1. The van der Waals surface area contributed by atoms with Gasteiger partial charge in [-0.25, -0.2) is 4.99 Å². The molecule has 0 atom stereocenters. The zero-order chi connectivity index (χ0) is 20.1. The molecule has 0 unspecified atom stereocenters. The van der Waals surface area contributed by atoms with E-state index in [0.29, 0.717) is 5.71 Å². The zero-order valence-corrected chi connectivity index (χ0v) is 18.2. The Morgan fingerprint density at radius 2 is 1.52 bits per heavy atom. The summed E-state index contributed by atoms with van der Waals surface area (Å²) < 4.78 is 0. The number of carbonyl (C=O) groups excluding carboxylic acids is 1. The second kappa shape index (κ2) is 9.27. The number of benzene rings is 1. The van der Waals surface area contributed by atoms with Gasteiger partial charge in [-0.1, -0.05) is 0 Å². The minimum absolute atomic E-state index is 0.0446. The van der Waals surface area contributed by atoms with Crippen molar-refractivity contribution < 1.29 is 4.79 Å². The molecule has 0 radical (unpaired) electrons. The van der Waals surface area contributed by atoms with Gasteiger partial charge in [0.15, 0.2) is 0 Å². The summed E-state index contributed by atoms with van der Waals surface area (Å²) in [7, 11) is 0. The van der Waals surface area contributed by atoms with E-state index in [-0.39, 0.29) is 5.78 Å². The Morgan fingerprint density at radius 1 is 0.926 bits per heavy atom. The molecule has 0 saturated carbocycles. The summed E-state index contributed by atoms with van der Waals surface area (Å²) in [5.74, 6) is -0.0446. The van der Waals surface area contributed by atoms with Gasteiger partial charge in [0.25, 0.3) is 0 Å². The van der Waals surface area contributed by atoms with Crippen LogP contribution in [-0.2, 0) is 4.79 Å². The van der Waals surface area contributed by atoms with Crippen LogP contribution < -0.4 is 4.90 Å². The predicted molar refractivity (Wildman–Crippen MR) is 119 cm³/mol. The van der Waals surface area contributed by atoms with Crippen LogP contribution in [0.15, 0.2) is 45.4 Å². The van der Waals surface area contributed by atoms with Crippen molar-refractivity contribution in [3.8, 4) is 0 Å². The monoisotopic (exact) mass is 385 g/mol. The lowest BCUT2D eigenvalue weighted by Gasteiger charge is -2.25. The molecule has 0 saturated heterocycles. The van der Waals surface area contributed by atoms with E-state index in [9.17, 15) is 4.79 Å². The molecular formula is C22H31N3OS. The first-order chi connectivity index (χ1) is 12.9. The summed E-state index contributed by atoms with van der Waals surface area (Å²) >= 11 is 4.66. The lowest BCUT2D eigenvalue weighted by molar-refractivity contribution is -0.109. The largest absolute Gasteiger partial charge is 0.372 e. The summed E-state index contributed by atoms with van der Waals surface area (Å²) in [6.45, 7) is 16.1. The number of thiol groups is 1. The maximum atomic E-state index is 12.7. The van der Waals surface area contributed by atoms with Gasteiger partial charge in [0.2, 0.25) is 5.78 Å². The number of aliphatic imine (C=N–C) groups is 1. The standard InChI is InChI=1S/C22H31N3OS/c1-7-24(8-2)17-11-15(5)21(19(26)13-17)23-22-16(6)12-18(14-20(22)27)25(9-3)10-4/h11-14,27H,7-10H2,1-6H3. The van der Waals surface area contributed by atoms with Crippen molar-refractivity contribution in [2.75, 3.05) is 31.1 Å². The van der Waals surface area contributed by atoms with E-state index < -0.39 is 0 Å². The second-order valence-electron chi connectivity index (χ2n) is 6.70. The number of aryl methyl sites for hydroxylation is 1. The molecule has 0 aliphatic heterocycles. The fourth-order valence-electron chi connectivity index (χ4n) is 3.41. The molecule has 1 aliphatic carbocycles. The Labute approximate surface area is 169 Å². The highest BCUT2D eigenvalue weighted by molar-refractivity contribution is 7.80. The molecule has 0 fully saturated rings. The molecule has 0 heterocycles.